The van der Waals surface area contributed by atoms with Crippen LogP contribution in [0.2, 0.25) is 0 Å². The fraction of sp³-hybridized carbons (Fsp3) is 0.526. The first kappa shape index (κ1) is 18.2. The van der Waals surface area contributed by atoms with Crippen molar-refractivity contribution in [3.8, 4) is 0 Å². The Bertz CT molecular complexity index is 589. The number of Topliss-reactive ketones (excluding diaryl/α,β-unsaturated/α-hetero) is 1. The number of rotatable bonds is 5. The Balaban J connectivity index is 2.50. The first-order valence-corrected chi connectivity index (χ1v) is 8.24. The Kier molecular flexibility index (Phi) is 6.12. The van der Waals surface area contributed by atoms with E-state index >= 15 is 0 Å². The molecule has 0 aromatic heterocycles. The number of esters is 2. The van der Waals surface area contributed by atoms with E-state index in [2.05, 4.69) is 0 Å². The second-order valence-corrected chi connectivity index (χ2v) is 6.28. The van der Waals surface area contributed by atoms with Gasteiger partial charge < -0.3 is 9.47 Å². The maximum absolute atomic E-state index is 12.5. The molecule has 0 spiro atoms. The topological polar surface area (TPSA) is 69.7 Å². The second-order valence-electron chi connectivity index (χ2n) is 6.28. The van der Waals surface area contributed by atoms with Crippen LogP contribution in [0, 0.1) is 18.8 Å². The minimum atomic E-state index is -1.13. The van der Waals surface area contributed by atoms with Crippen LogP contribution in [0.5, 0.6) is 0 Å². The third-order valence-electron chi connectivity index (χ3n) is 4.77. The highest BCUT2D eigenvalue weighted by Crippen LogP contribution is 2.40. The summed E-state index contributed by atoms with van der Waals surface area (Å²) in [4.78, 5) is 37.1. The monoisotopic (exact) mass is 332 g/mol. The molecule has 0 saturated heterocycles. The van der Waals surface area contributed by atoms with E-state index in [0.717, 1.165) is 24.0 Å². The molecule has 1 fully saturated rings. The van der Waals surface area contributed by atoms with Crippen LogP contribution < -0.4 is 0 Å². The van der Waals surface area contributed by atoms with Crippen molar-refractivity contribution in [3.63, 3.8) is 0 Å². The molecule has 1 saturated carbocycles. The van der Waals surface area contributed by atoms with Gasteiger partial charge in [-0.1, -0.05) is 36.2 Å². The smallest absolute Gasteiger partial charge is 0.320 e. The lowest BCUT2D eigenvalue weighted by Gasteiger charge is -2.32. The molecule has 24 heavy (non-hydrogen) atoms. The zero-order valence-electron chi connectivity index (χ0n) is 14.4. The molecule has 1 aliphatic rings. The predicted octanol–water partition coefficient (Wildman–Crippen LogP) is 2.80. The van der Waals surface area contributed by atoms with Gasteiger partial charge in [-0.25, -0.2) is 0 Å². The average molecular weight is 332 g/mol. The lowest BCUT2D eigenvalue weighted by molar-refractivity contribution is -0.161. The molecule has 5 heteroatoms. The van der Waals surface area contributed by atoms with Gasteiger partial charge >= 0.3 is 11.9 Å². The number of methoxy groups -OCH3 is 2. The number of carbonyl (C=O) groups excluding carboxylic acids is 3. The van der Waals surface area contributed by atoms with Crippen LogP contribution >= 0.6 is 0 Å². The zero-order chi connectivity index (χ0) is 17.7. The highest BCUT2D eigenvalue weighted by atomic mass is 16.5. The van der Waals surface area contributed by atoms with Crippen LogP contribution in [-0.4, -0.2) is 31.9 Å². The van der Waals surface area contributed by atoms with Crippen molar-refractivity contribution >= 4 is 17.7 Å². The van der Waals surface area contributed by atoms with Crippen molar-refractivity contribution in [3.05, 3.63) is 35.4 Å². The highest BCUT2D eigenvalue weighted by molar-refractivity contribution is 5.97. The van der Waals surface area contributed by atoms with Crippen LogP contribution in [0.1, 0.15) is 42.7 Å². The van der Waals surface area contributed by atoms with Crippen LogP contribution in [0.3, 0.4) is 0 Å². The maximum Gasteiger partial charge on any atom is 0.320 e. The number of aryl methyl sites for hydroxylation is 1. The van der Waals surface area contributed by atoms with Gasteiger partial charge in [-0.2, -0.15) is 0 Å². The number of hydrogen-bond donors (Lipinski definition) is 0. The summed E-state index contributed by atoms with van der Waals surface area (Å²) in [7, 11) is 2.49. The first-order valence-electron chi connectivity index (χ1n) is 8.24. The Hall–Kier alpha value is -2.17. The lowest BCUT2D eigenvalue weighted by atomic mass is 9.70. The Labute approximate surface area is 142 Å². The summed E-state index contributed by atoms with van der Waals surface area (Å²) in [5.41, 5.74) is 1.86. The van der Waals surface area contributed by atoms with E-state index in [9.17, 15) is 14.4 Å². The lowest BCUT2D eigenvalue weighted by Crippen LogP contribution is -2.39. The molecule has 0 amide bonds. The van der Waals surface area contributed by atoms with Gasteiger partial charge in [0.25, 0.3) is 0 Å². The van der Waals surface area contributed by atoms with Crippen molar-refractivity contribution < 1.29 is 23.9 Å². The number of carbonyl (C=O) groups is 3. The molecule has 130 valence electrons. The van der Waals surface area contributed by atoms with Crippen LogP contribution in [0.25, 0.3) is 0 Å². The van der Waals surface area contributed by atoms with Crippen molar-refractivity contribution in [2.45, 2.75) is 38.5 Å². The SMILES string of the molecule is COC(=O)C(C(=O)OC)[C@@H](c1ccc(C)cc1)[C@@H]1CCCCC1=O. The number of ketones is 1. The Morgan fingerprint density at radius 2 is 1.62 bits per heavy atom. The summed E-state index contributed by atoms with van der Waals surface area (Å²) >= 11 is 0. The quantitative estimate of drug-likeness (QED) is 0.612. The maximum atomic E-state index is 12.5. The first-order chi connectivity index (χ1) is 11.5. The predicted molar refractivity (Wildman–Crippen MR) is 88.4 cm³/mol. The fourth-order valence-corrected chi connectivity index (χ4v) is 3.48. The average Bonchev–Trinajstić information content (AvgIpc) is 2.60. The van der Waals surface area contributed by atoms with Gasteiger partial charge in [0, 0.05) is 18.3 Å². The Morgan fingerprint density at radius 3 is 2.12 bits per heavy atom. The fourth-order valence-electron chi connectivity index (χ4n) is 3.48. The van der Waals surface area contributed by atoms with Crippen molar-refractivity contribution in [1.82, 2.24) is 0 Å². The minimum absolute atomic E-state index is 0.102. The molecule has 1 aromatic carbocycles. The van der Waals surface area contributed by atoms with E-state index in [1.807, 2.05) is 31.2 Å². The second kappa shape index (κ2) is 8.08. The summed E-state index contributed by atoms with van der Waals surface area (Å²) < 4.78 is 9.67. The van der Waals surface area contributed by atoms with Gasteiger partial charge in [0.1, 0.15) is 5.78 Å². The summed E-state index contributed by atoms with van der Waals surface area (Å²) in [5.74, 6) is -3.28. The molecule has 1 aliphatic carbocycles. The molecule has 0 unspecified atom stereocenters. The van der Waals surface area contributed by atoms with E-state index in [1.165, 1.54) is 14.2 Å². The van der Waals surface area contributed by atoms with E-state index < -0.39 is 23.8 Å². The van der Waals surface area contributed by atoms with Crippen LogP contribution in [0.15, 0.2) is 24.3 Å². The normalized spacial score (nSPS) is 19.0. The van der Waals surface area contributed by atoms with Gasteiger partial charge in [-0.15, -0.1) is 0 Å². The standard InChI is InChI=1S/C19H24O5/c1-12-8-10-13(11-9-12)16(14-6-4-5-7-15(14)20)17(18(21)23-2)19(22)24-3/h8-11,14,16-17H,4-7H2,1-3H3/t14-,16+/m1/s1. The summed E-state index contributed by atoms with van der Waals surface area (Å²) in [5, 5.41) is 0. The van der Waals surface area contributed by atoms with Crippen molar-refractivity contribution in [2.75, 3.05) is 14.2 Å². The van der Waals surface area contributed by atoms with Gasteiger partial charge in [-0.05, 0) is 25.3 Å². The third kappa shape index (κ3) is 3.83. The largest absolute Gasteiger partial charge is 0.468 e. The minimum Gasteiger partial charge on any atom is -0.468 e. The molecule has 0 aliphatic heterocycles. The molecule has 0 radical (unpaired) electrons. The van der Waals surface area contributed by atoms with Gasteiger partial charge in [0.15, 0.2) is 5.92 Å². The number of ether oxygens (including phenoxy) is 2. The molecular formula is C19H24O5. The third-order valence-corrected chi connectivity index (χ3v) is 4.77. The van der Waals surface area contributed by atoms with Crippen molar-refractivity contribution in [2.24, 2.45) is 11.8 Å². The van der Waals surface area contributed by atoms with Gasteiger partial charge in [-0.3, -0.25) is 14.4 Å². The molecule has 2 rings (SSSR count). The van der Waals surface area contributed by atoms with E-state index in [0.29, 0.717) is 12.8 Å². The van der Waals surface area contributed by atoms with Crippen LogP contribution in [-0.2, 0) is 23.9 Å². The van der Waals surface area contributed by atoms with Gasteiger partial charge in [0.05, 0.1) is 14.2 Å². The number of hydrogen-bond acceptors (Lipinski definition) is 5. The van der Waals surface area contributed by atoms with Crippen LogP contribution in [0.4, 0.5) is 0 Å². The summed E-state index contributed by atoms with van der Waals surface area (Å²) in [6.07, 6.45) is 2.93. The molecule has 5 nitrogen and oxygen atoms in total. The Morgan fingerprint density at radius 1 is 1.04 bits per heavy atom. The summed E-state index contributed by atoms with van der Waals surface area (Å²) in [6.45, 7) is 1.96. The zero-order valence-corrected chi connectivity index (χ0v) is 14.4. The molecule has 0 heterocycles. The highest BCUT2D eigenvalue weighted by Gasteiger charge is 2.44. The summed E-state index contributed by atoms with van der Waals surface area (Å²) in [6, 6.07) is 7.59. The van der Waals surface area contributed by atoms with Crippen molar-refractivity contribution in [1.29, 1.82) is 0 Å². The van der Waals surface area contributed by atoms with E-state index in [1.54, 1.807) is 0 Å². The molecular weight excluding hydrogens is 308 g/mol. The molecule has 0 N–H and O–H groups in total. The molecule has 0 bridgehead atoms. The van der Waals surface area contributed by atoms with E-state index in [4.69, 9.17) is 9.47 Å². The number of benzene rings is 1. The van der Waals surface area contributed by atoms with Gasteiger partial charge in [0.2, 0.25) is 0 Å². The molecule has 1 aromatic rings. The van der Waals surface area contributed by atoms with E-state index in [-0.39, 0.29) is 11.7 Å². The molecule has 2 atom stereocenters.